The van der Waals surface area contributed by atoms with Gasteiger partial charge >= 0.3 is 0 Å². The van der Waals surface area contributed by atoms with Crippen molar-refractivity contribution in [3.8, 4) is 5.75 Å². The number of anilines is 3. The van der Waals surface area contributed by atoms with E-state index in [-0.39, 0.29) is 5.91 Å². The number of rotatable bonds is 4. The van der Waals surface area contributed by atoms with Crippen molar-refractivity contribution in [2.45, 2.75) is 6.92 Å². The molecule has 0 spiro atoms. The van der Waals surface area contributed by atoms with Gasteiger partial charge < -0.3 is 19.9 Å². The molecule has 0 atom stereocenters. The third-order valence-electron chi connectivity index (χ3n) is 4.04. The topological polar surface area (TPSA) is 70.6 Å². The van der Waals surface area contributed by atoms with Gasteiger partial charge in [0, 0.05) is 45.0 Å². The summed E-state index contributed by atoms with van der Waals surface area (Å²) in [5, 5.41) is 3.19. The molecule has 1 saturated heterocycles. The molecule has 1 N–H and O–H groups in total. The summed E-state index contributed by atoms with van der Waals surface area (Å²) in [5.74, 6) is 2.34. The zero-order valence-electron chi connectivity index (χ0n) is 13.9. The van der Waals surface area contributed by atoms with Crippen molar-refractivity contribution >= 4 is 23.4 Å². The Morgan fingerprint density at radius 1 is 1.12 bits per heavy atom. The molecule has 7 nitrogen and oxygen atoms in total. The lowest BCUT2D eigenvalue weighted by molar-refractivity contribution is -0.129. The van der Waals surface area contributed by atoms with Crippen LogP contribution in [0.3, 0.4) is 0 Å². The average molecular weight is 327 g/mol. The van der Waals surface area contributed by atoms with Crippen molar-refractivity contribution in [3.05, 3.63) is 36.5 Å². The summed E-state index contributed by atoms with van der Waals surface area (Å²) < 4.78 is 5.15. The summed E-state index contributed by atoms with van der Waals surface area (Å²) in [5.41, 5.74) is 0.898. The van der Waals surface area contributed by atoms with Crippen molar-refractivity contribution in [1.82, 2.24) is 14.9 Å². The van der Waals surface area contributed by atoms with Crippen LogP contribution in [0.25, 0.3) is 0 Å². The van der Waals surface area contributed by atoms with Crippen LogP contribution in [0.5, 0.6) is 5.75 Å². The number of ether oxygens (including phenoxy) is 1. The van der Waals surface area contributed by atoms with Crippen LogP contribution in [0, 0.1) is 0 Å². The number of piperazine rings is 1. The van der Waals surface area contributed by atoms with Gasteiger partial charge in [-0.15, -0.1) is 0 Å². The quantitative estimate of drug-likeness (QED) is 0.925. The maximum Gasteiger partial charge on any atom is 0.229 e. The number of nitrogens with zero attached hydrogens (tertiary/aromatic N) is 4. The van der Waals surface area contributed by atoms with E-state index < -0.39 is 0 Å². The first kappa shape index (κ1) is 16.0. The van der Waals surface area contributed by atoms with Gasteiger partial charge in [0.15, 0.2) is 0 Å². The second-order valence-corrected chi connectivity index (χ2v) is 5.59. The monoisotopic (exact) mass is 327 g/mol. The number of nitrogens with one attached hydrogen (secondary N) is 1. The molecule has 0 bridgehead atoms. The second kappa shape index (κ2) is 7.16. The minimum atomic E-state index is 0.124. The first-order valence-electron chi connectivity index (χ1n) is 7.90. The summed E-state index contributed by atoms with van der Waals surface area (Å²) in [7, 11) is 1.64. The fraction of sp³-hybridized carbons (Fsp3) is 0.353. The van der Waals surface area contributed by atoms with E-state index in [4.69, 9.17) is 4.74 Å². The van der Waals surface area contributed by atoms with E-state index >= 15 is 0 Å². The van der Waals surface area contributed by atoms with Crippen molar-refractivity contribution in [2.75, 3.05) is 43.5 Å². The smallest absolute Gasteiger partial charge is 0.229 e. The lowest BCUT2D eigenvalue weighted by Crippen LogP contribution is -2.48. The van der Waals surface area contributed by atoms with E-state index in [1.54, 1.807) is 20.2 Å². The molecular formula is C17H21N5O2. The van der Waals surface area contributed by atoms with Gasteiger partial charge in [-0.25, -0.2) is 4.98 Å². The maximum absolute atomic E-state index is 11.4. The molecule has 1 amide bonds. The van der Waals surface area contributed by atoms with E-state index in [1.165, 1.54) is 0 Å². The van der Waals surface area contributed by atoms with Crippen LogP contribution >= 0.6 is 0 Å². The van der Waals surface area contributed by atoms with Crippen molar-refractivity contribution in [3.63, 3.8) is 0 Å². The molecule has 1 aliphatic rings. The highest BCUT2D eigenvalue weighted by molar-refractivity contribution is 5.73. The molecule has 7 heteroatoms. The Balaban J connectivity index is 1.66. The summed E-state index contributed by atoms with van der Waals surface area (Å²) in [6.45, 7) is 4.61. The van der Waals surface area contributed by atoms with E-state index in [0.717, 1.165) is 43.4 Å². The predicted molar refractivity (Wildman–Crippen MR) is 92.8 cm³/mol. The predicted octanol–water partition coefficient (Wildman–Crippen LogP) is 1.90. The number of hydrogen-bond donors (Lipinski definition) is 1. The molecule has 0 aliphatic carbocycles. The van der Waals surface area contributed by atoms with Gasteiger partial charge in [0.2, 0.25) is 11.9 Å². The Labute approximate surface area is 141 Å². The van der Waals surface area contributed by atoms with Gasteiger partial charge in [0.25, 0.3) is 0 Å². The Morgan fingerprint density at radius 2 is 1.83 bits per heavy atom. The highest BCUT2D eigenvalue weighted by Crippen LogP contribution is 2.20. The van der Waals surface area contributed by atoms with E-state index in [2.05, 4.69) is 20.2 Å². The normalized spacial score (nSPS) is 14.4. The number of amides is 1. The van der Waals surface area contributed by atoms with Gasteiger partial charge in [0.05, 0.1) is 7.11 Å². The van der Waals surface area contributed by atoms with Crippen molar-refractivity contribution in [1.29, 1.82) is 0 Å². The zero-order valence-corrected chi connectivity index (χ0v) is 13.9. The molecule has 126 valence electrons. The summed E-state index contributed by atoms with van der Waals surface area (Å²) >= 11 is 0. The minimum absolute atomic E-state index is 0.124. The number of methoxy groups -OCH3 is 1. The van der Waals surface area contributed by atoms with Crippen LogP contribution in [-0.2, 0) is 4.79 Å². The first-order valence-corrected chi connectivity index (χ1v) is 7.90. The molecule has 2 aromatic rings. The molecule has 1 aliphatic heterocycles. The molecule has 2 heterocycles. The Hall–Kier alpha value is -2.83. The fourth-order valence-corrected chi connectivity index (χ4v) is 2.64. The molecule has 1 fully saturated rings. The summed E-state index contributed by atoms with van der Waals surface area (Å²) in [6, 6.07) is 9.49. The molecule has 1 aromatic carbocycles. The highest BCUT2D eigenvalue weighted by atomic mass is 16.5. The van der Waals surface area contributed by atoms with Gasteiger partial charge in [-0.3, -0.25) is 4.79 Å². The molecule has 1 aromatic heterocycles. The molecule has 0 saturated carbocycles. The zero-order chi connectivity index (χ0) is 16.9. The first-order chi connectivity index (χ1) is 11.7. The Bertz CT molecular complexity index is 696. The number of hydrogen-bond acceptors (Lipinski definition) is 6. The third-order valence-corrected chi connectivity index (χ3v) is 4.04. The average Bonchev–Trinajstić information content (AvgIpc) is 2.63. The van der Waals surface area contributed by atoms with Gasteiger partial charge in [0.1, 0.15) is 11.6 Å². The van der Waals surface area contributed by atoms with Crippen LogP contribution in [-0.4, -0.2) is 54.1 Å². The minimum Gasteiger partial charge on any atom is -0.497 e. The second-order valence-electron chi connectivity index (χ2n) is 5.59. The summed E-state index contributed by atoms with van der Waals surface area (Å²) in [4.78, 5) is 24.3. The van der Waals surface area contributed by atoms with E-state index in [9.17, 15) is 4.79 Å². The number of aromatic nitrogens is 2. The van der Waals surface area contributed by atoms with Crippen LogP contribution in [0.2, 0.25) is 0 Å². The molecular weight excluding hydrogens is 306 g/mol. The van der Waals surface area contributed by atoms with Crippen molar-refractivity contribution in [2.24, 2.45) is 0 Å². The fourth-order valence-electron chi connectivity index (χ4n) is 2.64. The lowest BCUT2D eigenvalue weighted by atomic mass is 10.3. The standard InChI is InChI=1S/C17H21N5O2/c1-13(23)21-9-11-22(12-10-21)16-7-8-18-17(20-16)19-14-3-5-15(24-2)6-4-14/h3-8H,9-12H2,1-2H3,(H,18,19,20). The van der Waals surface area contributed by atoms with E-state index in [1.807, 2.05) is 35.2 Å². The molecule has 0 unspecified atom stereocenters. The Morgan fingerprint density at radius 3 is 2.46 bits per heavy atom. The number of carbonyl (C=O) groups excluding carboxylic acids is 1. The van der Waals surface area contributed by atoms with Gasteiger partial charge in [-0.1, -0.05) is 0 Å². The highest BCUT2D eigenvalue weighted by Gasteiger charge is 2.19. The lowest BCUT2D eigenvalue weighted by Gasteiger charge is -2.34. The van der Waals surface area contributed by atoms with E-state index in [0.29, 0.717) is 5.95 Å². The van der Waals surface area contributed by atoms with Crippen LogP contribution in [0.4, 0.5) is 17.5 Å². The number of carbonyl (C=O) groups is 1. The number of benzene rings is 1. The summed E-state index contributed by atoms with van der Waals surface area (Å²) in [6.07, 6.45) is 1.74. The largest absolute Gasteiger partial charge is 0.497 e. The van der Waals surface area contributed by atoms with Crippen LogP contribution < -0.4 is 15.0 Å². The van der Waals surface area contributed by atoms with Gasteiger partial charge in [-0.2, -0.15) is 4.98 Å². The van der Waals surface area contributed by atoms with Crippen LogP contribution in [0.1, 0.15) is 6.92 Å². The molecule has 0 radical (unpaired) electrons. The third kappa shape index (κ3) is 3.73. The Kier molecular flexibility index (Phi) is 4.79. The molecule has 24 heavy (non-hydrogen) atoms. The van der Waals surface area contributed by atoms with Gasteiger partial charge in [-0.05, 0) is 30.3 Å². The molecule has 3 rings (SSSR count). The van der Waals surface area contributed by atoms with Crippen LogP contribution in [0.15, 0.2) is 36.5 Å². The SMILES string of the molecule is COc1ccc(Nc2nccc(N3CCN(C(C)=O)CC3)n2)cc1. The van der Waals surface area contributed by atoms with Crippen molar-refractivity contribution < 1.29 is 9.53 Å². The maximum atomic E-state index is 11.4.